The van der Waals surface area contributed by atoms with Crippen molar-refractivity contribution in [1.82, 2.24) is 9.88 Å². The van der Waals surface area contributed by atoms with Gasteiger partial charge >= 0.3 is 0 Å². The zero-order valence-corrected chi connectivity index (χ0v) is 15.7. The van der Waals surface area contributed by atoms with Crippen LogP contribution in [0.1, 0.15) is 44.3 Å². The number of nitrogens with zero attached hydrogens (tertiary/aromatic N) is 2. The zero-order chi connectivity index (χ0) is 18.8. The number of carbonyl (C=O) groups is 2. The number of hydrogen-bond acceptors (Lipinski definition) is 5. The summed E-state index contributed by atoms with van der Waals surface area (Å²) in [5.74, 6) is -0.0966. The molecule has 0 atom stereocenters. The largest absolute Gasteiger partial charge is 0.459 e. The molecule has 1 fully saturated rings. The third-order valence-electron chi connectivity index (χ3n) is 4.40. The molecular weight excluding hydrogens is 362 g/mol. The Morgan fingerprint density at radius 2 is 2.15 bits per heavy atom. The summed E-state index contributed by atoms with van der Waals surface area (Å²) >= 11 is 1.29. The average Bonchev–Trinajstić information content (AvgIpc) is 3.22. The first-order chi connectivity index (χ1) is 13.1. The van der Waals surface area contributed by atoms with Gasteiger partial charge in [0.2, 0.25) is 0 Å². The fourth-order valence-electron chi connectivity index (χ4n) is 2.89. The summed E-state index contributed by atoms with van der Waals surface area (Å²) in [4.78, 5) is 32.2. The molecule has 27 heavy (non-hydrogen) atoms. The standard InChI is InChI=1S/C20H19N3O3S/c1-13-11-17(22-19(24)16-6-4-10-26-16)27-18(13)20(25)23(15-7-8-15)12-14-5-2-3-9-21-14/h2-6,9-11,15H,7-8,12H2,1H3,(H,22,24). The Balaban J connectivity index is 1.52. The van der Waals surface area contributed by atoms with Crippen molar-refractivity contribution in [3.05, 3.63) is 70.8 Å². The van der Waals surface area contributed by atoms with Crippen molar-refractivity contribution in [2.24, 2.45) is 0 Å². The fourth-order valence-corrected chi connectivity index (χ4v) is 3.91. The maximum absolute atomic E-state index is 13.2. The first-order valence-electron chi connectivity index (χ1n) is 8.78. The lowest BCUT2D eigenvalue weighted by Gasteiger charge is -2.21. The Morgan fingerprint density at radius 1 is 1.30 bits per heavy atom. The third kappa shape index (κ3) is 3.93. The Kier molecular flexibility index (Phi) is 4.77. The van der Waals surface area contributed by atoms with Gasteiger partial charge in [-0.05, 0) is 55.7 Å². The van der Waals surface area contributed by atoms with E-state index in [0.29, 0.717) is 16.4 Å². The summed E-state index contributed by atoms with van der Waals surface area (Å²) in [7, 11) is 0. The van der Waals surface area contributed by atoms with Gasteiger partial charge in [-0.2, -0.15) is 0 Å². The summed E-state index contributed by atoms with van der Waals surface area (Å²) < 4.78 is 5.11. The molecule has 2 amide bonds. The van der Waals surface area contributed by atoms with Crippen molar-refractivity contribution < 1.29 is 14.0 Å². The van der Waals surface area contributed by atoms with Crippen molar-refractivity contribution in [3.63, 3.8) is 0 Å². The maximum Gasteiger partial charge on any atom is 0.291 e. The number of thiophene rings is 1. The molecule has 1 aliphatic carbocycles. The van der Waals surface area contributed by atoms with Gasteiger partial charge in [0.25, 0.3) is 11.8 Å². The number of aryl methyl sites for hydroxylation is 1. The molecular formula is C20H19N3O3S. The maximum atomic E-state index is 13.2. The second-order valence-corrected chi connectivity index (χ2v) is 7.59. The lowest BCUT2D eigenvalue weighted by Crippen LogP contribution is -2.32. The molecule has 0 aromatic carbocycles. The van der Waals surface area contributed by atoms with Gasteiger partial charge in [0.15, 0.2) is 5.76 Å². The van der Waals surface area contributed by atoms with E-state index in [1.54, 1.807) is 18.3 Å². The molecule has 3 aromatic rings. The minimum atomic E-state index is -0.326. The third-order valence-corrected chi connectivity index (χ3v) is 5.54. The minimum Gasteiger partial charge on any atom is -0.459 e. The molecule has 0 bridgehead atoms. The number of pyridine rings is 1. The highest BCUT2D eigenvalue weighted by Gasteiger charge is 2.34. The molecule has 1 aliphatic rings. The molecule has 0 spiro atoms. The number of anilines is 1. The number of carbonyl (C=O) groups excluding carboxylic acids is 2. The van der Waals surface area contributed by atoms with E-state index in [4.69, 9.17) is 4.42 Å². The average molecular weight is 381 g/mol. The highest BCUT2D eigenvalue weighted by Crippen LogP contribution is 2.34. The Labute approximate surface area is 160 Å². The van der Waals surface area contributed by atoms with Crippen molar-refractivity contribution in [3.8, 4) is 0 Å². The van der Waals surface area contributed by atoms with E-state index in [1.807, 2.05) is 36.1 Å². The Bertz CT molecular complexity index is 946. The van der Waals surface area contributed by atoms with Crippen LogP contribution in [0.2, 0.25) is 0 Å². The summed E-state index contributed by atoms with van der Waals surface area (Å²) in [5.41, 5.74) is 1.73. The molecule has 7 heteroatoms. The number of rotatable bonds is 6. The predicted molar refractivity (Wildman–Crippen MR) is 103 cm³/mol. The fraction of sp³-hybridized carbons (Fsp3) is 0.250. The molecule has 1 N–H and O–H groups in total. The van der Waals surface area contributed by atoms with Crippen molar-refractivity contribution >= 4 is 28.2 Å². The Hall–Kier alpha value is -2.93. The quantitative estimate of drug-likeness (QED) is 0.697. The first kappa shape index (κ1) is 17.5. The van der Waals surface area contributed by atoms with Crippen molar-refractivity contribution in [2.45, 2.75) is 32.4 Å². The Morgan fingerprint density at radius 3 is 2.81 bits per heavy atom. The van der Waals surface area contributed by atoms with Gasteiger partial charge in [0.1, 0.15) is 0 Å². The smallest absolute Gasteiger partial charge is 0.291 e. The van der Waals surface area contributed by atoms with Crippen LogP contribution in [-0.4, -0.2) is 27.7 Å². The highest BCUT2D eigenvalue weighted by atomic mass is 32.1. The van der Waals surface area contributed by atoms with Crippen LogP contribution in [0.3, 0.4) is 0 Å². The molecule has 6 nitrogen and oxygen atoms in total. The molecule has 4 rings (SSSR count). The van der Waals surface area contributed by atoms with Gasteiger partial charge in [-0.1, -0.05) is 6.07 Å². The van der Waals surface area contributed by atoms with E-state index in [2.05, 4.69) is 10.3 Å². The minimum absolute atomic E-state index is 0.0100. The van der Waals surface area contributed by atoms with Gasteiger partial charge < -0.3 is 14.6 Å². The summed E-state index contributed by atoms with van der Waals surface area (Å²) in [6.07, 6.45) is 5.23. The number of nitrogens with one attached hydrogen (secondary N) is 1. The lowest BCUT2D eigenvalue weighted by atomic mass is 10.2. The molecule has 0 radical (unpaired) electrons. The molecule has 1 saturated carbocycles. The number of amides is 2. The van der Waals surface area contributed by atoms with E-state index in [-0.39, 0.29) is 23.6 Å². The van der Waals surface area contributed by atoms with Gasteiger partial charge in [-0.25, -0.2) is 0 Å². The van der Waals surface area contributed by atoms with Crippen LogP contribution in [0.25, 0.3) is 0 Å². The molecule has 0 saturated heterocycles. The second kappa shape index (κ2) is 7.36. The highest BCUT2D eigenvalue weighted by molar-refractivity contribution is 7.18. The van der Waals surface area contributed by atoms with Crippen LogP contribution < -0.4 is 5.32 Å². The molecule has 0 aliphatic heterocycles. The van der Waals surface area contributed by atoms with Crippen molar-refractivity contribution in [2.75, 3.05) is 5.32 Å². The topological polar surface area (TPSA) is 75.4 Å². The van der Waals surface area contributed by atoms with E-state index in [1.165, 1.54) is 17.6 Å². The van der Waals surface area contributed by atoms with Crippen LogP contribution in [0.5, 0.6) is 0 Å². The normalized spacial score (nSPS) is 13.4. The van der Waals surface area contributed by atoms with E-state index in [0.717, 1.165) is 24.1 Å². The van der Waals surface area contributed by atoms with Gasteiger partial charge in [0, 0.05) is 12.2 Å². The number of furan rings is 1. The summed E-state index contributed by atoms with van der Waals surface area (Å²) in [6.45, 7) is 2.38. The van der Waals surface area contributed by atoms with Gasteiger partial charge in [0.05, 0.1) is 28.4 Å². The number of hydrogen-bond donors (Lipinski definition) is 1. The van der Waals surface area contributed by atoms with Crippen LogP contribution >= 0.6 is 11.3 Å². The number of aromatic nitrogens is 1. The van der Waals surface area contributed by atoms with Crippen LogP contribution in [0.15, 0.2) is 53.3 Å². The van der Waals surface area contributed by atoms with Gasteiger partial charge in [-0.3, -0.25) is 14.6 Å². The van der Waals surface area contributed by atoms with E-state index in [9.17, 15) is 9.59 Å². The van der Waals surface area contributed by atoms with E-state index < -0.39 is 0 Å². The monoisotopic (exact) mass is 381 g/mol. The SMILES string of the molecule is Cc1cc(NC(=O)c2ccco2)sc1C(=O)N(Cc1ccccn1)C1CC1. The van der Waals surface area contributed by atoms with E-state index >= 15 is 0 Å². The van der Waals surface area contributed by atoms with Crippen molar-refractivity contribution in [1.29, 1.82) is 0 Å². The summed E-state index contributed by atoms with van der Waals surface area (Å²) in [5, 5.41) is 3.43. The molecule has 0 unspecified atom stereocenters. The lowest BCUT2D eigenvalue weighted by molar-refractivity contribution is 0.0732. The second-order valence-electron chi connectivity index (χ2n) is 6.54. The predicted octanol–water partition coefficient (Wildman–Crippen LogP) is 4.10. The molecule has 3 aromatic heterocycles. The van der Waals surface area contributed by atoms with Gasteiger partial charge in [-0.15, -0.1) is 11.3 Å². The van der Waals surface area contributed by atoms with Crippen LogP contribution in [-0.2, 0) is 6.54 Å². The van der Waals surface area contributed by atoms with Crippen LogP contribution in [0.4, 0.5) is 5.00 Å². The molecule has 138 valence electrons. The van der Waals surface area contributed by atoms with Crippen LogP contribution in [0, 0.1) is 6.92 Å². The molecule has 3 heterocycles. The zero-order valence-electron chi connectivity index (χ0n) is 14.8. The summed E-state index contributed by atoms with van der Waals surface area (Å²) in [6, 6.07) is 11.1. The first-order valence-corrected chi connectivity index (χ1v) is 9.59.